The second-order valence-electron chi connectivity index (χ2n) is 3.61. The molecule has 16 heavy (non-hydrogen) atoms. The maximum absolute atomic E-state index is 13.9. The molecule has 0 unspecified atom stereocenters. The normalized spacial score (nSPS) is 13.6. The molecule has 2 nitrogen and oxygen atoms in total. The van der Waals surface area contributed by atoms with Crippen LogP contribution in [0.5, 0.6) is 5.75 Å². The van der Waals surface area contributed by atoms with E-state index < -0.39 is 0 Å². The summed E-state index contributed by atoms with van der Waals surface area (Å²) in [6, 6.07) is 3.26. The van der Waals surface area contributed by atoms with Crippen molar-refractivity contribution in [3.05, 3.63) is 33.6 Å². The summed E-state index contributed by atoms with van der Waals surface area (Å²) in [6.07, 6.45) is 1.97. The molecule has 0 radical (unpaired) electrons. The Morgan fingerprint density at radius 2 is 2.00 bits per heavy atom. The predicted molar refractivity (Wildman–Crippen MR) is 63.8 cm³/mol. The number of ether oxygens (including phenoxy) is 2. The Bertz CT molecular complexity index is 449. The predicted octanol–water partition coefficient (Wildman–Crippen LogP) is 3.75. The number of allylic oxidation sites excluding steroid dienone is 1. The van der Waals surface area contributed by atoms with E-state index in [1.165, 1.54) is 0 Å². The average molecular weight is 287 g/mol. The molecule has 0 saturated heterocycles. The highest BCUT2D eigenvalue weighted by molar-refractivity contribution is 9.10. The number of methoxy groups -OCH3 is 2. The third-order valence-corrected chi connectivity index (χ3v) is 3.08. The standard InChI is InChI=1S/C12H12BrFO2/c1-15-8-5-9(11(14)10(13)6-8)12(16-2)7-3-4-7/h5-6H,3-4H2,1-2H3. The van der Waals surface area contributed by atoms with E-state index >= 15 is 0 Å². The quantitative estimate of drug-likeness (QED) is 0.788. The van der Waals surface area contributed by atoms with Gasteiger partial charge in [0.05, 0.1) is 24.3 Å². The highest BCUT2D eigenvalue weighted by atomic mass is 79.9. The first-order chi connectivity index (χ1) is 7.67. The molecule has 2 rings (SSSR count). The maximum Gasteiger partial charge on any atom is 0.148 e. The van der Waals surface area contributed by atoms with Crippen LogP contribution in [-0.4, -0.2) is 14.2 Å². The van der Waals surface area contributed by atoms with Crippen molar-refractivity contribution in [3.63, 3.8) is 0 Å². The topological polar surface area (TPSA) is 18.5 Å². The van der Waals surface area contributed by atoms with Gasteiger partial charge in [-0.3, -0.25) is 0 Å². The molecule has 1 fully saturated rings. The van der Waals surface area contributed by atoms with Gasteiger partial charge in [-0.1, -0.05) is 0 Å². The zero-order valence-corrected chi connectivity index (χ0v) is 10.7. The van der Waals surface area contributed by atoms with E-state index in [1.807, 2.05) is 0 Å². The number of benzene rings is 1. The van der Waals surface area contributed by atoms with Crippen molar-refractivity contribution in [2.75, 3.05) is 14.2 Å². The van der Waals surface area contributed by atoms with Crippen LogP contribution in [0, 0.1) is 5.82 Å². The molecule has 0 atom stereocenters. The molecule has 0 bridgehead atoms. The molecule has 0 amide bonds. The van der Waals surface area contributed by atoms with Crippen molar-refractivity contribution in [2.24, 2.45) is 0 Å². The van der Waals surface area contributed by atoms with E-state index in [1.54, 1.807) is 26.4 Å². The van der Waals surface area contributed by atoms with Gasteiger partial charge >= 0.3 is 0 Å². The molecule has 0 N–H and O–H groups in total. The van der Waals surface area contributed by atoms with E-state index in [0.717, 1.165) is 18.4 Å². The lowest BCUT2D eigenvalue weighted by Gasteiger charge is -2.10. The first-order valence-electron chi connectivity index (χ1n) is 4.96. The van der Waals surface area contributed by atoms with Crippen molar-refractivity contribution in [2.45, 2.75) is 12.8 Å². The second-order valence-corrected chi connectivity index (χ2v) is 4.46. The number of hydrogen-bond donors (Lipinski definition) is 0. The fraction of sp³-hybridized carbons (Fsp3) is 0.333. The molecule has 0 spiro atoms. The Hall–Kier alpha value is -1.03. The van der Waals surface area contributed by atoms with Crippen LogP contribution in [0.1, 0.15) is 18.4 Å². The first kappa shape index (κ1) is 11.5. The van der Waals surface area contributed by atoms with Gasteiger partial charge < -0.3 is 9.47 Å². The zero-order valence-electron chi connectivity index (χ0n) is 9.14. The van der Waals surface area contributed by atoms with Crippen molar-refractivity contribution in [1.29, 1.82) is 0 Å². The molecular formula is C12H12BrFO2. The summed E-state index contributed by atoms with van der Waals surface area (Å²) in [5.41, 5.74) is 1.61. The molecule has 1 aliphatic rings. The highest BCUT2D eigenvalue weighted by Gasteiger charge is 2.23. The lowest BCUT2D eigenvalue weighted by atomic mass is 10.1. The first-order valence-corrected chi connectivity index (χ1v) is 5.76. The van der Waals surface area contributed by atoms with E-state index in [-0.39, 0.29) is 5.82 Å². The summed E-state index contributed by atoms with van der Waals surface area (Å²) < 4.78 is 24.7. The smallest absolute Gasteiger partial charge is 0.148 e. The number of hydrogen-bond acceptors (Lipinski definition) is 2. The van der Waals surface area contributed by atoms with Gasteiger partial charge in [0, 0.05) is 0 Å². The minimum absolute atomic E-state index is 0.308. The molecule has 0 heterocycles. The third kappa shape index (κ3) is 2.07. The van der Waals surface area contributed by atoms with Crippen LogP contribution in [0.4, 0.5) is 4.39 Å². The van der Waals surface area contributed by atoms with E-state index in [9.17, 15) is 4.39 Å². The Morgan fingerprint density at radius 1 is 1.31 bits per heavy atom. The molecule has 1 aliphatic carbocycles. The summed E-state index contributed by atoms with van der Waals surface area (Å²) >= 11 is 3.17. The van der Waals surface area contributed by atoms with Crippen LogP contribution >= 0.6 is 15.9 Å². The second kappa shape index (κ2) is 4.45. The van der Waals surface area contributed by atoms with Crippen LogP contribution in [-0.2, 0) is 4.74 Å². The molecule has 1 aromatic carbocycles. The summed E-state index contributed by atoms with van der Waals surface area (Å²) in [7, 11) is 3.12. The van der Waals surface area contributed by atoms with Gasteiger partial charge in [-0.25, -0.2) is 4.39 Å². The van der Waals surface area contributed by atoms with Gasteiger partial charge in [-0.2, -0.15) is 0 Å². The van der Waals surface area contributed by atoms with Gasteiger partial charge in [0.2, 0.25) is 0 Å². The van der Waals surface area contributed by atoms with Crippen LogP contribution in [0.3, 0.4) is 0 Å². The fourth-order valence-corrected chi connectivity index (χ4v) is 2.02. The van der Waals surface area contributed by atoms with Crippen molar-refractivity contribution < 1.29 is 13.9 Å². The SMILES string of the molecule is COC(=C1CC1)c1cc(OC)cc(Br)c1F. The molecule has 0 aromatic heterocycles. The van der Waals surface area contributed by atoms with Crippen molar-refractivity contribution >= 4 is 21.7 Å². The summed E-state index contributed by atoms with van der Waals surface area (Å²) in [4.78, 5) is 0. The van der Waals surface area contributed by atoms with Gasteiger partial charge in [-0.15, -0.1) is 0 Å². The summed E-state index contributed by atoms with van der Waals surface area (Å²) in [5, 5.41) is 0. The van der Waals surface area contributed by atoms with E-state index in [0.29, 0.717) is 21.5 Å². The lowest BCUT2D eigenvalue weighted by molar-refractivity contribution is 0.364. The van der Waals surface area contributed by atoms with Crippen molar-refractivity contribution in [1.82, 2.24) is 0 Å². The lowest BCUT2D eigenvalue weighted by Crippen LogP contribution is -1.95. The van der Waals surface area contributed by atoms with Crippen LogP contribution in [0.2, 0.25) is 0 Å². The Kier molecular flexibility index (Phi) is 3.19. The van der Waals surface area contributed by atoms with Crippen LogP contribution in [0.15, 0.2) is 22.2 Å². The molecule has 0 aliphatic heterocycles. The molecule has 86 valence electrons. The zero-order chi connectivity index (χ0) is 11.7. The third-order valence-electron chi connectivity index (χ3n) is 2.51. The minimum Gasteiger partial charge on any atom is -0.497 e. The highest BCUT2D eigenvalue weighted by Crippen LogP contribution is 2.39. The molecular weight excluding hydrogens is 275 g/mol. The van der Waals surface area contributed by atoms with Crippen LogP contribution < -0.4 is 4.74 Å². The fourth-order valence-electron chi connectivity index (χ4n) is 1.58. The average Bonchev–Trinajstić information content (AvgIpc) is 3.09. The Balaban J connectivity index is 2.54. The number of rotatable bonds is 3. The Labute approximate surface area is 102 Å². The number of halogens is 2. The van der Waals surface area contributed by atoms with Gasteiger partial charge in [0.25, 0.3) is 0 Å². The monoisotopic (exact) mass is 286 g/mol. The molecule has 1 saturated carbocycles. The largest absolute Gasteiger partial charge is 0.497 e. The van der Waals surface area contributed by atoms with Gasteiger partial charge in [-0.05, 0) is 46.5 Å². The van der Waals surface area contributed by atoms with E-state index in [4.69, 9.17) is 9.47 Å². The molecule has 4 heteroatoms. The van der Waals surface area contributed by atoms with E-state index in [2.05, 4.69) is 15.9 Å². The van der Waals surface area contributed by atoms with Crippen LogP contribution in [0.25, 0.3) is 5.76 Å². The minimum atomic E-state index is -0.308. The molecule has 1 aromatic rings. The Morgan fingerprint density at radius 3 is 2.50 bits per heavy atom. The van der Waals surface area contributed by atoms with Gasteiger partial charge in [0.15, 0.2) is 0 Å². The van der Waals surface area contributed by atoms with Gasteiger partial charge in [0.1, 0.15) is 17.3 Å². The van der Waals surface area contributed by atoms with Crippen molar-refractivity contribution in [3.8, 4) is 5.75 Å². The summed E-state index contributed by atoms with van der Waals surface area (Å²) in [5.74, 6) is 0.938. The maximum atomic E-state index is 13.9. The summed E-state index contributed by atoms with van der Waals surface area (Å²) in [6.45, 7) is 0.